The van der Waals surface area contributed by atoms with E-state index in [0.29, 0.717) is 25.7 Å². The number of benzene rings is 2. The van der Waals surface area contributed by atoms with Gasteiger partial charge in [0, 0.05) is 0 Å². The maximum atomic E-state index is 13.1. The first-order valence-corrected chi connectivity index (χ1v) is 52.9. The Labute approximate surface area is 773 Å². The van der Waals surface area contributed by atoms with E-state index in [1.165, 1.54) is 358 Å². The van der Waals surface area contributed by atoms with E-state index in [4.69, 9.17) is 18.9 Å². The Morgan fingerprint density at radius 3 is 0.545 bits per heavy atom. The SMILES string of the molecule is CCCCCCCCCCCCCCC/C=C/CCCCCOC(=O)c1cccc(S(=O)(=O)[O-])c1C(=O)OCCCCC/C=C/CCCCCCCCCCCCCCC.CCCCCCCCCCCCCCC/C=C/CCCCCOC(=O)c1cccc(S(=O)(=O)[O-])c1C(=O)OCCCCC/C=C/CCCCCCCCCCCCCCC.[Ca+2]. The number of unbranched alkanes of at least 4 members (excludes halogenated alkanes) is 64. The van der Waals surface area contributed by atoms with E-state index in [1.54, 1.807) is 0 Å². The van der Waals surface area contributed by atoms with Crippen molar-refractivity contribution >= 4 is 81.9 Å². The third-order valence-electron chi connectivity index (χ3n) is 23.0. The third kappa shape index (κ3) is 73.0. The Morgan fingerprint density at radius 1 is 0.231 bits per heavy atom. The predicted octanol–water partition coefficient (Wildman–Crippen LogP) is 31.8. The second-order valence-electron chi connectivity index (χ2n) is 34.2. The molecule has 0 fully saturated rings. The summed E-state index contributed by atoms with van der Waals surface area (Å²) in [6, 6.07) is 7.22. The maximum Gasteiger partial charge on any atom is 2.00 e. The van der Waals surface area contributed by atoms with E-state index < -0.39 is 65.0 Å². The van der Waals surface area contributed by atoms with E-state index >= 15 is 0 Å². The Bertz CT molecular complexity index is 2880. The second kappa shape index (κ2) is 88.4. The zero-order valence-electron chi connectivity index (χ0n) is 78.1. The summed E-state index contributed by atoms with van der Waals surface area (Å²) in [5, 5.41) is 0. The fraction of sp³-hybridized carbons (Fsp3) is 0.769. The zero-order valence-corrected chi connectivity index (χ0v) is 81.9. The monoisotopic (exact) mass is 1760 g/mol. The van der Waals surface area contributed by atoms with Gasteiger partial charge in [0.15, 0.2) is 0 Å². The molecule has 121 heavy (non-hydrogen) atoms. The van der Waals surface area contributed by atoms with Crippen LogP contribution < -0.4 is 0 Å². The van der Waals surface area contributed by atoms with Gasteiger partial charge in [-0.2, -0.15) is 0 Å². The molecule has 0 aliphatic rings. The van der Waals surface area contributed by atoms with Crippen LogP contribution in [0.5, 0.6) is 0 Å². The molecule has 0 amide bonds. The van der Waals surface area contributed by atoms with Crippen molar-refractivity contribution in [3.8, 4) is 0 Å². The molecule has 0 aliphatic heterocycles. The number of carbonyl (C=O) groups is 4. The van der Waals surface area contributed by atoms with Crippen molar-refractivity contribution in [3.63, 3.8) is 0 Å². The topological polar surface area (TPSA) is 220 Å². The summed E-state index contributed by atoms with van der Waals surface area (Å²) in [6.45, 7) is 9.49. The summed E-state index contributed by atoms with van der Waals surface area (Å²) in [4.78, 5) is 50.5. The first-order valence-electron chi connectivity index (χ1n) is 50.1. The summed E-state index contributed by atoms with van der Waals surface area (Å²) >= 11 is 0. The van der Waals surface area contributed by atoms with Crippen LogP contribution in [0.4, 0.5) is 0 Å². The largest absolute Gasteiger partial charge is 2.00 e. The minimum atomic E-state index is -5.03. The number of esters is 4. The molecule has 0 radical (unpaired) electrons. The number of hydrogen-bond acceptors (Lipinski definition) is 14. The van der Waals surface area contributed by atoms with Crippen LogP contribution in [-0.4, -0.2) is 114 Å². The maximum absolute atomic E-state index is 13.1. The van der Waals surface area contributed by atoms with Crippen LogP contribution in [0.3, 0.4) is 0 Å². The van der Waals surface area contributed by atoms with Crippen molar-refractivity contribution in [2.45, 2.75) is 500 Å². The van der Waals surface area contributed by atoms with Gasteiger partial charge in [0.2, 0.25) is 0 Å². The number of ether oxygens (including phenoxy) is 4. The number of rotatable bonds is 86. The Morgan fingerprint density at radius 2 is 0.380 bits per heavy atom. The fourth-order valence-electron chi connectivity index (χ4n) is 15.4. The van der Waals surface area contributed by atoms with Gasteiger partial charge in [-0.25, -0.2) is 36.0 Å². The number of hydrogen-bond donors (Lipinski definition) is 0. The van der Waals surface area contributed by atoms with Gasteiger partial charge in [-0.05, 0) is 178 Å². The Kier molecular flexibility index (Phi) is 85.7. The van der Waals surface area contributed by atoms with Crippen LogP contribution in [0.2, 0.25) is 0 Å². The van der Waals surface area contributed by atoms with E-state index in [2.05, 4.69) is 76.3 Å². The van der Waals surface area contributed by atoms with Gasteiger partial charge in [-0.3, -0.25) is 0 Å². The van der Waals surface area contributed by atoms with Gasteiger partial charge < -0.3 is 28.1 Å². The van der Waals surface area contributed by atoms with Crippen LogP contribution in [0.1, 0.15) is 531 Å². The fourth-order valence-corrected chi connectivity index (χ4v) is 16.8. The third-order valence-corrected chi connectivity index (χ3v) is 24.8. The minimum Gasteiger partial charge on any atom is -0.744 e. The molecule has 0 aromatic heterocycles. The smallest absolute Gasteiger partial charge is 0.744 e. The molecule has 14 nitrogen and oxygen atoms in total. The molecule has 0 bridgehead atoms. The van der Waals surface area contributed by atoms with Gasteiger partial charge in [0.25, 0.3) is 0 Å². The molecule has 2 aromatic rings. The van der Waals surface area contributed by atoms with Crippen molar-refractivity contribution in [1.82, 2.24) is 0 Å². The van der Waals surface area contributed by atoms with Crippen LogP contribution in [-0.2, 0) is 39.2 Å². The molecule has 692 valence electrons. The van der Waals surface area contributed by atoms with Gasteiger partial charge in [-0.15, -0.1) is 0 Å². The van der Waals surface area contributed by atoms with Crippen molar-refractivity contribution < 1.29 is 64.1 Å². The molecule has 0 spiro atoms. The van der Waals surface area contributed by atoms with E-state index in [1.807, 2.05) is 0 Å². The number of carbonyl (C=O) groups excluding carboxylic acids is 4. The zero-order chi connectivity index (χ0) is 87.2. The van der Waals surface area contributed by atoms with E-state index in [0.717, 1.165) is 115 Å². The van der Waals surface area contributed by atoms with Gasteiger partial charge in [-0.1, -0.05) is 397 Å². The van der Waals surface area contributed by atoms with Gasteiger partial charge in [0.1, 0.15) is 20.2 Å². The first-order chi connectivity index (χ1) is 58.6. The van der Waals surface area contributed by atoms with Crippen molar-refractivity contribution in [1.29, 1.82) is 0 Å². The molecule has 0 N–H and O–H groups in total. The van der Waals surface area contributed by atoms with E-state index in [-0.39, 0.29) is 75.3 Å². The molecule has 0 saturated carbocycles. The van der Waals surface area contributed by atoms with Crippen molar-refractivity contribution in [3.05, 3.63) is 107 Å². The minimum absolute atomic E-state index is 0. The van der Waals surface area contributed by atoms with Crippen molar-refractivity contribution in [2.24, 2.45) is 0 Å². The standard InChI is InChI=1S/2C52H90O7S.Ca/c2*1-3-5-7-9-11-13-15-17-19-21-23-25-27-29-31-33-35-37-39-41-46-58-51(53)48-44-43-45-49(60(55,56)57)50(48)52(54)59-47-42-40-38-36-34-32-30-28-26-24-22-20-18-16-14-12-10-8-6-4-2;/h2*31-34,43-45H,3-30,35-42,46-47H2,1-2H3,(H,55,56,57);/q;;+2/p-2/b2*33-31+,34-32+;. The van der Waals surface area contributed by atoms with Crippen molar-refractivity contribution in [2.75, 3.05) is 26.4 Å². The van der Waals surface area contributed by atoms with Crippen LogP contribution in [0.15, 0.2) is 94.8 Å². The Hall–Kier alpha value is -3.64. The summed E-state index contributed by atoms with van der Waals surface area (Å²) in [7, 11) is -10.1. The predicted molar refractivity (Wildman–Crippen MR) is 507 cm³/mol. The van der Waals surface area contributed by atoms with Crippen LogP contribution >= 0.6 is 0 Å². The van der Waals surface area contributed by atoms with E-state index in [9.17, 15) is 45.1 Å². The summed E-state index contributed by atoms with van der Waals surface area (Å²) in [5.41, 5.74) is -1.60. The average molecular weight is 1760 g/mol. The molecule has 0 saturated heterocycles. The molecule has 2 rings (SSSR count). The molecular formula is C104H178CaO14S2. The molecule has 0 aliphatic carbocycles. The van der Waals surface area contributed by atoms with Crippen LogP contribution in [0.25, 0.3) is 0 Å². The average Bonchev–Trinajstić information content (AvgIpc) is 0.796. The van der Waals surface area contributed by atoms with Gasteiger partial charge in [0.05, 0.1) is 58.5 Å². The Balaban J connectivity index is 0.00000236. The van der Waals surface area contributed by atoms with Crippen LogP contribution in [0, 0.1) is 0 Å². The summed E-state index contributed by atoms with van der Waals surface area (Å²) in [5.74, 6) is -3.67. The number of allylic oxidation sites excluding steroid dienone is 8. The molecule has 17 heteroatoms. The summed E-state index contributed by atoms with van der Waals surface area (Å²) < 4.78 is 93.7. The second-order valence-corrected chi connectivity index (χ2v) is 36.9. The normalized spacial score (nSPS) is 11.8. The molecular weight excluding hydrogens is 1580 g/mol. The molecule has 0 heterocycles. The molecule has 0 unspecified atom stereocenters. The molecule has 0 atom stereocenters. The first kappa shape index (κ1) is 117. The molecule has 2 aromatic carbocycles. The summed E-state index contributed by atoms with van der Waals surface area (Å²) in [6.07, 6.45) is 107. The van der Waals surface area contributed by atoms with Gasteiger partial charge >= 0.3 is 61.6 Å². The quantitative estimate of drug-likeness (QED) is 0.0150.